The Morgan fingerprint density at radius 3 is 2.59 bits per heavy atom. The summed E-state index contributed by atoms with van der Waals surface area (Å²) in [5, 5.41) is 11.0. The smallest absolute Gasteiger partial charge is 0.271 e. The highest BCUT2D eigenvalue weighted by molar-refractivity contribution is 5.98. The molecule has 4 rings (SSSR count). The highest BCUT2D eigenvalue weighted by Crippen LogP contribution is 2.34. The molecule has 2 amide bonds. The third-order valence-electron chi connectivity index (χ3n) is 5.34. The molecule has 8 heteroatoms. The number of nitro benzene ring substituents is 1. The van der Waals surface area contributed by atoms with E-state index in [-0.39, 0.29) is 23.4 Å². The summed E-state index contributed by atoms with van der Waals surface area (Å²) >= 11 is 0. The van der Waals surface area contributed by atoms with E-state index in [1.54, 1.807) is 21.9 Å². The van der Waals surface area contributed by atoms with E-state index < -0.39 is 4.92 Å². The summed E-state index contributed by atoms with van der Waals surface area (Å²) in [5.74, 6) is -0.273. The number of likely N-dealkylation sites (tertiary alicyclic amines) is 1. The van der Waals surface area contributed by atoms with E-state index in [1.165, 1.54) is 24.7 Å². The largest absolute Gasteiger partial charge is 0.472 e. The Bertz CT molecular complexity index is 885. The molecule has 1 saturated heterocycles. The predicted molar refractivity (Wildman–Crippen MR) is 96.5 cm³/mol. The molecule has 140 valence electrons. The quantitative estimate of drug-likeness (QED) is 0.612. The van der Waals surface area contributed by atoms with Gasteiger partial charge < -0.3 is 14.2 Å². The minimum atomic E-state index is -0.443. The lowest BCUT2D eigenvalue weighted by atomic mass is 9.95. The molecular weight excluding hydrogens is 350 g/mol. The number of carbonyl (C=O) groups excluding carboxylic acids is 2. The maximum absolute atomic E-state index is 13.0. The van der Waals surface area contributed by atoms with Gasteiger partial charge >= 0.3 is 0 Å². The van der Waals surface area contributed by atoms with Crippen LogP contribution in [0.2, 0.25) is 0 Å². The van der Waals surface area contributed by atoms with Gasteiger partial charge in [0, 0.05) is 37.7 Å². The van der Waals surface area contributed by atoms with E-state index in [9.17, 15) is 19.7 Å². The summed E-state index contributed by atoms with van der Waals surface area (Å²) in [4.78, 5) is 39.3. The molecule has 2 aliphatic rings. The molecule has 2 aliphatic heterocycles. The molecule has 1 fully saturated rings. The van der Waals surface area contributed by atoms with Crippen molar-refractivity contribution >= 4 is 23.2 Å². The van der Waals surface area contributed by atoms with Crippen LogP contribution in [-0.4, -0.2) is 41.3 Å². The van der Waals surface area contributed by atoms with E-state index in [2.05, 4.69) is 0 Å². The number of piperidine rings is 1. The van der Waals surface area contributed by atoms with Gasteiger partial charge in [-0.3, -0.25) is 19.7 Å². The van der Waals surface area contributed by atoms with Crippen LogP contribution in [0.3, 0.4) is 0 Å². The van der Waals surface area contributed by atoms with E-state index >= 15 is 0 Å². The number of amides is 2. The second-order valence-corrected chi connectivity index (χ2v) is 6.89. The van der Waals surface area contributed by atoms with Crippen molar-refractivity contribution in [3.63, 3.8) is 0 Å². The molecule has 3 heterocycles. The van der Waals surface area contributed by atoms with Crippen LogP contribution in [0.25, 0.3) is 0 Å². The number of anilines is 1. The fourth-order valence-electron chi connectivity index (χ4n) is 3.83. The molecule has 0 spiro atoms. The average molecular weight is 369 g/mol. The summed E-state index contributed by atoms with van der Waals surface area (Å²) in [6.45, 7) is 1.57. The van der Waals surface area contributed by atoms with Gasteiger partial charge in [-0.2, -0.15) is 0 Å². The summed E-state index contributed by atoms with van der Waals surface area (Å²) in [7, 11) is 0. The maximum atomic E-state index is 13.0. The van der Waals surface area contributed by atoms with Crippen molar-refractivity contribution in [1.29, 1.82) is 0 Å². The SMILES string of the molecule is O=C(c1ccoc1)N1CCC(C(=O)N2CCc3ccc([N+](=O)[O-])cc32)CC1. The highest BCUT2D eigenvalue weighted by Gasteiger charge is 2.34. The molecule has 0 saturated carbocycles. The topological polar surface area (TPSA) is 96.9 Å². The summed E-state index contributed by atoms with van der Waals surface area (Å²) in [6.07, 6.45) is 4.77. The van der Waals surface area contributed by atoms with Crippen LogP contribution in [0.1, 0.15) is 28.8 Å². The normalized spacial score (nSPS) is 17.0. The Morgan fingerprint density at radius 1 is 1.15 bits per heavy atom. The van der Waals surface area contributed by atoms with E-state index in [0.29, 0.717) is 50.1 Å². The van der Waals surface area contributed by atoms with Crippen molar-refractivity contribution in [2.45, 2.75) is 19.3 Å². The molecule has 0 aliphatic carbocycles. The zero-order chi connectivity index (χ0) is 19.0. The van der Waals surface area contributed by atoms with Crippen molar-refractivity contribution in [2.24, 2.45) is 5.92 Å². The monoisotopic (exact) mass is 369 g/mol. The van der Waals surface area contributed by atoms with Gasteiger partial charge in [0.05, 0.1) is 22.4 Å². The Hall–Kier alpha value is -3.16. The molecule has 0 bridgehead atoms. The standard InChI is InChI=1S/C19H19N3O5/c23-18(15-6-10-27-12-15)20-7-3-14(4-8-20)19(24)21-9-5-13-1-2-16(22(25)26)11-17(13)21/h1-2,6,10-12,14H,3-5,7-9H2. The van der Waals surface area contributed by atoms with Crippen LogP contribution in [0.5, 0.6) is 0 Å². The van der Waals surface area contributed by atoms with Gasteiger partial charge in [0.15, 0.2) is 0 Å². The molecule has 0 unspecified atom stereocenters. The molecule has 1 aromatic heterocycles. The molecule has 0 atom stereocenters. The predicted octanol–water partition coefficient (Wildman–Crippen LogP) is 2.63. The lowest BCUT2D eigenvalue weighted by molar-refractivity contribution is -0.384. The minimum absolute atomic E-state index is 0.00558. The van der Waals surface area contributed by atoms with Crippen molar-refractivity contribution in [1.82, 2.24) is 4.90 Å². The first kappa shape index (κ1) is 17.3. The molecule has 0 N–H and O–H groups in total. The molecule has 2 aromatic rings. The van der Waals surface area contributed by atoms with Crippen LogP contribution in [0.4, 0.5) is 11.4 Å². The van der Waals surface area contributed by atoms with E-state index in [1.807, 2.05) is 0 Å². The van der Waals surface area contributed by atoms with Crippen LogP contribution in [0.15, 0.2) is 41.2 Å². The van der Waals surface area contributed by atoms with Gasteiger partial charge in [-0.25, -0.2) is 0 Å². The van der Waals surface area contributed by atoms with Gasteiger partial charge in [0.1, 0.15) is 6.26 Å². The van der Waals surface area contributed by atoms with Gasteiger partial charge in [-0.05, 0) is 30.9 Å². The Morgan fingerprint density at radius 2 is 1.93 bits per heavy atom. The average Bonchev–Trinajstić information content (AvgIpc) is 3.36. The van der Waals surface area contributed by atoms with E-state index in [4.69, 9.17) is 4.42 Å². The first-order valence-electron chi connectivity index (χ1n) is 8.95. The third-order valence-corrected chi connectivity index (χ3v) is 5.34. The summed E-state index contributed by atoms with van der Waals surface area (Å²) < 4.78 is 4.96. The lowest BCUT2D eigenvalue weighted by Gasteiger charge is -2.33. The Balaban J connectivity index is 1.43. The highest BCUT2D eigenvalue weighted by atomic mass is 16.6. The Kier molecular flexibility index (Phi) is 4.39. The van der Waals surface area contributed by atoms with Crippen LogP contribution in [0, 0.1) is 16.0 Å². The number of hydrogen-bond acceptors (Lipinski definition) is 5. The van der Waals surface area contributed by atoms with Crippen LogP contribution in [-0.2, 0) is 11.2 Å². The van der Waals surface area contributed by atoms with E-state index in [0.717, 1.165) is 5.56 Å². The number of nitrogens with zero attached hydrogens (tertiary/aromatic N) is 3. The zero-order valence-corrected chi connectivity index (χ0v) is 14.7. The molecule has 0 radical (unpaired) electrons. The maximum Gasteiger partial charge on any atom is 0.271 e. The minimum Gasteiger partial charge on any atom is -0.472 e. The molecule has 8 nitrogen and oxygen atoms in total. The molecule has 27 heavy (non-hydrogen) atoms. The fraction of sp³-hybridized carbons (Fsp3) is 0.368. The number of benzene rings is 1. The zero-order valence-electron chi connectivity index (χ0n) is 14.7. The van der Waals surface area contributed by atoms with Crippen molar-refractivity contribution in [3.8, 4) is 0 Å². The number of nitro groups is 1. The van der Waals surface area contributed by atoms with Crippen molar-refractivity contribution in [3.05, 3.63) is 58.0 Å². The number of fused-ring (bicyclic) bond motifs is 1. The van der Waals surface area contributed by atoms with Gasteiger partial charge in [-0.15, -0.1) is 0 Å². The van der Waals surface area contributed by atoms with Crippen molar-refractivity contribution in [2.75, 3.05) is 24.5 Å². The van der Waals surface area contributed by atoms with Crippen LogP contribution < -0.4 is 4.90 Å². The lowest BCUT2D eigenvalue weighted by Crippen LogP contribution is -2.44. The summed E-state index contributed by atoms with van der Waals surface area (Å²) in [5.41, 5.74) is 2.11. The second-order valence-electron chi connectivity index (χ2n) is 6.89. The van der Waals surface area contributed by atoms with Gasteiger partial charge in [0.25, 0.3) is 11.6 Å². The number of hydrogen-bond donors (Lipinski definition) is 0. The Labute approximate surface area is 155 Å². The summed E-state index contributed by atoms with van der Waals surface area (Å²) in [6, 6.07) is 6.32. The third kappa shape index (κ3) is 3.18. The molecular formula is C19H19N3O5. The number of rotatable bonds is 3. The van der Waals surface area contributed by atoms with Gasteiger partial charge in [-0.1, -0.05) is 6.07 Å². The first-order valence-corrected chi connectivity index (χ1v) is 8.95. The number of non-ortho nitro benzene ring substituents is 1. The fourth-order valence-corrected chi connectivity index (χ4v) is 3.83. The van der Waals surface area contributed by atoms with Crippen LogP contribution >= 0.6 is 0 Å². The van der Waals surface area contributed by atoms with Gasteiger partial charge in [0.2, 0.25) is 5.91 Å². The number of furan rings is 1. The first-order chi connectivity index (χ1) is 13.0. The second kappa shape index (κ2) is 6.86. The number of carbonyl (C=O) groups is 2. The van der Waals surface area contributed by atoms with Crippen molar-refractivity contribution < 1.29 is 18.9 Å². The molecule has 1 aromatic carbocycles.